The first-order valence-electron chi connectivity index (χ1n) is 10.3. The molecular formula is C25H19AsO6S2. The fourth-order valence-corrected chi connectivity index (χ4v) is 19.3. The number of phenols is 1. The molecule has 0 aromatic heterocycles. The number of rotatable bonds is 4. The number of carboxylic acid groups (broad SMARTS) is 2. The predicted octanol–water partition coefficient (Wildman–Crippen LogP) is 3.04. The fraction of sp³-hybridized carbons (Fsp3) is 0.120. The van der Waals surface area contributed by atoms with Crippen molar-refractivity contribution >= 4 is 60.8 Å². The van der Waals surface area contributed by atoms with Gasteiger partial charge in [0.1, 0.15) is 0 Å². The monoisotopic (exact) mass is 554 g/mol. The predicted molar refractivity (Wildman–Crippen MR) is 136 cm³/mol. The number of hydrogen-bond acceptors (Lipinski definition) is 6. The van der Waals surface area contributed by atoms with Crippen molar-refractivity contribution in [2.24, 2.45) is 0 Å². The Morgan fingerprint density at radius 3 is 2.35 bits per heavy atom. The Hall–Kier alpha value is -2.80. The number of phenolic OH excluding ortho intramolecular Hbond substituents is 1. The van der Waals surface area contributed by atoms with E-state index in [2.05, 4.69) is 6.58 Å². The second-order valence-electron chi connectivity index (χ2n) is 7.81. The Balaban J connectivity index is 1.93. The molecule has 0 spiro atoms. The number of aromatic carboxylic acids is 2. The van der Waals surface area contributed by atoms with Crippen molar-refractivity contribution in [3.8, 4) is 17.2 Å². The summed E-state index contributed by atoms with van der Waals surface area (Å²) >= 11 is -1.57. The zero-order chi connectivity index (χ0) is 24.1. The molecule has 2 aliphatic rings. The van der Waals surface area contributed by atoms with Gasteiger partial charge in [-0.15, -0.1) is 0 Å². The van der Waals surface area contributed by atoms with Crippen LogP contribution in [0.15, 0.2) is 42.5 Å². The van der Waals surface area contributed by atoms with E-state index in [-0.39, 0.29) is 16.9 Å². The number of carbonyl (C=O) groups is 2. The van der Waals surface area contributed by atoms with Gasteiger partial charge in [-0.2, -0.15) is 0 Å². The van der Waals surface area contributed by atoms with E-state index in [0.717, 1.165) is 26.3 Å². The van der Waals surface area contributed by atoms with Gasteiger partial charge in [0.25, 0.3) is 0 Å². The molecule has 1 fully saturated rings. The molecule has 3 aromatic rings. The van der Waals surface area contributed by atoms with Gasteiger partial charge < -0.3 is 0 Å². The van der Waals surface area contributed by atoms with Crippen LogP contribution in [0, 0.1) is 6.92 Å². The molecule has 2 heterocycles. The Kier molecular flexibility index (Phi) is 5.92. The van der Waals surface area contributed by atoms with Crippen LogP contribution in [0.4, 0.5) is 0 Å². The third-order valence-electron chi connectivity index (χ3n) is 5.78. The Morgan fingerprint density at radius 2 is 1.68 bits per heavy atom. The summed E-state index contributed by atoms with van der Waals surface area (Å²) in [6.07, 6.45) is 0. The van der Waals surface area contributed by atoms with Crippen LogP contribution in [0.2, 0.25) is 0 Å². The van der Waals surface area contributed by atoms with Crippen LogP contribution < -0.4 is 19.5 Å². The van der Waals surface area contributed by atoms with Crippen molar-refractivity contribution in [2.45, 2.75) is 6.92 Å². The molecule has 34 heavy (non-hydrogen) atoms. The molecule has 6 nitrogen and oxygen atoms in total. The number of fused-ring (bicyclic) bond motifs is 2. The zero-order valence-electron chi connectivity index (χ0n) is 18.0. The Bertz CT molecular complexity index is 1490. The first kappa shape index (κ1) is 23.0. The summed E-state index contributed by atoms with van der Waals surface area (Å²) in [6, 6.07) is 11.2. The molecule has 172 valence electrons. The quantitative estimate of drug-likeness (QED) is 0.331. The summed E-state index contributed by atoms with van der Waals surface area (Å²) in [5.41, 5.74) is 2.02. The maximum absolute atomic E-state index is 12.2. The number of hydrogen-bond donors (Lipinski definition) is 3. The molecule has 5 rings (SSSR count). The van der Waals surface area contributed by atoms with Gasteiger partial charge in [0.05, 0.1) is 0 Å². The van der Waals surface area contributed by atoms with Crippen LogP contribution in [-0.4, -0.2) is 51.1 Å². The Labute approximate surface area is 206 Å². The van der Waals surface area contributed by atoms with Gasteiger partial charge in [-0.25, -0.2) is 0 Å². The average molecular weight is 554 g/mol. The summed E-state index contributed by atoms with van der Waals surface area (Å²) in [5.74, 6) is 0.928. The normalized spacial score (nSPS) is 14.9. The molecule has 9 heteroatoms. The van der Waals surface area contributed by atoms with Gasteiger partial charge in [0.2, 0.25) is 0 Å². The van der Waals surface area contributed by atoms with Crippen LogP contribution in [0.3, 0.4) is 0 Å². The van der Waals surface area contributed by atoms with Gasteiger partial charge in [0, 0.05) is 0 Å². The minimum atomic E-state index is -1.57. The minimum absolute atomic E-state index is 0.0797. The molecule has 0 atom stereocenters. The van der Waals surface area contributed by atoms with Crippen LogP contribution in [0.1, 0.15) is 37.4 Å². The van der Waals surface area contributed by atoms with Gasteiger partial charge in [-0.05, 0) is 0 Å². The molecule has 3 aromatic carbocycles. The van der Waals surface area contributed by atoms with E-state index in [1.807, 2.05) is 32.2 Å². The topological polar surface area (TPSA) is 104 Å². The van der Waals surface area contributed by atoms with Crippen molar-refractivity contribution in [3.63, 3.8) is 0 Å². The average Bonchev–Trinajstić information content (AvgIpc) is 3.34. The molecular weight excluding hydrogens is 535 g/mol. The zero-order valence-corrected chi connectivity index (χ0v) is 21.5. The molecule has 2 aliphatic heterocycles. The number of benzene rings is 3. The number of ether oxygens (including phenoxy) is 1. The summed E-state index contributed by atoms with van der Waals surface area (Å²) in [7, 11) is 3.90. The molecule has 1 saturated heterocycles. The standard InChI is InChI=1S/C25H19AsO6S2/c1-12-3-5-17-20(15-6-4-14(24(28)29)11-18(15)25(30)31)16-7-8-19(27)13(2)22(16)32-23(17)21(12)26-33-9-10-34-26/h3-8,11,27H,1,9-10H2,2H3,(H,28,29)(H,30,31). The van der Waals surface area contributed by atoms with Crippen molar-refractivity contribution in [2.75, 3.05) is 11.5 Å². The van der Waals surface area contributed by atoms with E-state index in [1.54, 1.807) is 19.1 Å². The first-order chi connectivity index (χ1) is 16.3. The van der Waals surface area contributed by atoms with Gasteiger partial charge in [-0.3, -0.25) is 0 Å². The fourth-order valence-electron chi connectivity index (χ4n) is 4.14. The summed E-state index contributed by atoms with van der Waals surface area (Å²) in [6.45, 7) is 6.01. The molecule has 0 radical (unpaired) electrons. The van der Waals surface area contributed by atoms with Crippen molar-refractivity contribution < 1.29 is 29.6 Å². The van der Waals surface area contributed by atoms with E-state index in [4.69, 9.17) is 4.74 Å². The van der Waals surface area contributed by atoms with E-state index in [0.29, 0.717) is 33.8 Å². The molecule has 0 bridgehead atoms. The van der Waals surface area contributed by atoms with E-state index >= 15 is 0 Å². The van der Waals surface area contributed by atoms with Crippen LogP contribution in [0.25, 0.3) is 12.2 Å². The van der Waals surface area contributed by atoms with Crippen LogP contribution >= 0.6 is 20.0 Å². The second kappa shape index (κ2) is 8.76. The SMILES string of the molecule is C=c1ccc2c(c1[As]1SCCS1)Oc1c(ccc(O)c1C)C=2c1ccc(C(=O)O)cc1C(=O)O. The van der Waals surface area contributed by atoms with E-state index in [9.17, 15) is 24.9 Å². The first-order valence-corrected chi connectivity index (χ1v) is 17.7. The van der Waals surface area contributed by atoms with E-state index in [1.165, 1.54) is 18.2 Å². The third-order valence-corrected chi connectivity index (χ3v) is 19.5. The summed E-state index contributed by atoms with van der Waals surface area (Å²) in [5, 5.41) is 31.4. The maximum atomic E-state index is 12.2. The van der Waals surface area contributed by atoms with Crippen molar-refractivity contribution in [3.05, 3.63) is 80.7 Å². The van der Waals surface area contributed by atoms with Crippen molar-refractivity contribution in [1.29, 1.82) is 0 Å². The summed E-state index contributed by atoms with van der Waals surface area (Å²) < 4.78 is 7.56. The number of aromatic hydroxyl groups is 1. The molecule has 3 N–H and O–H groups in total. The van der Waals surface area contributed by atoms with Gasteiger partial charge in [0.15, 0.2) is 0 Å². The molecule has 0 unspecified atom stereocenters. The van der Waals surface area contributed by atoms with Crippen LogP contribution in [-0.2, 0) is 0 Å². The van der Waals surface area contributed by atoms with Gasteiger partial charge in [-0.1, -0.05) is 0 Å². The van der Waals surface area contributed by atoms with Gasteiger partial charge >= 0.3 is 207 Å². The molecule has 0 saturated carbocycles. The second-order valence-corrected chi connectivity index (χ2v) is 19.4. The van der Waals surface area contributed by atoms with Crippen molar-refractivity contribution in [1.82, 2.24) is 0 Å². The molecule has 0 aliphatic carbocycles. The van der Waals surface area contributed by atoms with E-state index < -0.39 is 24.3 Å². The third kappa shape index (κ3) is 3.70. The Morgan fingerprint density at radius 1 is 0.971 bits per heavy atom. The van der Waals surface area contributed by atoms with Crippen LogP contribution in [0.5, 0.6) is 17.2 Å². The molecule has 0 amide bonds. The number of carboxylic acids is 2. The summed E-state index contributed by atoms with van der Waals surface area (Å²) in [4.78, 5) is 23.7.